The number of rotatable bonds is 4. The highest BCUT2D eigenvalue weighted by Gasteiger charge is 2.33. The maximum atomic E-state index is 12.9. The molecule has 0 aliphatic carbocycles. The van der Waals surface area contributed by atoms with Gasteiger partial charge < -0.3 is 5.73 Å². The highest BCUT2D eigenvalue weighted by molar-refractivity contribution is 5.64. The number of halogens is 3. The summed E-state index contributed by atoms with van der Waals surface area (Å²) in [6, 6.07) is 7.06. The Morgan fingerprint density at radius 3 is 2.63 bits per heavy atom. The summed E-state index contributed by atoms with van der Waals surface area (Å²) in [4.78, 5) is 0. The molecule has 19 heavy (non-hydrogen) atoms. The van der Waals surface area contributed by atoms with Crippen LogP contribution < -0.4 is 5.73 Å². The molecule has 0 aliphatic rings. The molecular formula is C13H14F3N3. The van der Waals surface area contributed by atoms with Crippen molar-refractivity contribution in [1.29, 1.82) is 0 Å². The molecule has 0 amide bonds. The smallest absolute Gasteiger partial charge is 0.330 e. The second kappa shape index (κ2) is 5.44. The lowest BCUT2D eigenvalue weighted by molar-refractivity contribution is -0.137. The molecule has 3 N–H and O–H groups in total. The van der Waals surface area contributed by atoms with Crippen molar-refractivity contribution in [3.8, 4) is 11.3 Å². The predicted octanol–water partition coefficient (Wildman–Crippen LogP) is 2.99. The van der Waals surface area contributed by atoms with Crippen LogP contribution in [0.15, 0.2) is 30.3 Å². The average Bonchev–Trinajstić information content (AvgIpc) is 2.84. The first-order valence-electron chi connectivity index (χ1n) is 5.93. The number of alkyl halides is 3. The number of hydrogen-bond acceptors (Lipinski definition) is 2. The summed E-state index contributed by atoms with van der Waals surface area (Å²) >= 11 is 0. The van der Waals surface area contributed by atoms with Crippen molar-refractivity contribution in [2.24, 2.45) is 5.73 Å². The molecule has 2 rings (SSSR count). The molecule has 3 nitrogen and oxygen atoms in total. The number of aromatic amines is 1. The number of benzene rings is 1. The highest BCUT2D eigenvalue weighted by Crippen LogP contribution is 2.36. The van der Waals surface area contributed by atoms with Crippen molar-refractivity contribution in [2.75, 3.05) is 6.54 Å². The van der Waals surface area contributed by atoms with Gasteiger partial charge in [0.05, 0.1) is 11.3 Å². The van der Waals surface area contributed by atoms with Crippen molar-refractivity contribution in [3.63, 3.8) is 0 Å². The topological polar surface area (TPSA) is 54.7 Å². The molecule has 0 atom stereocenters. The first-order chi connectivity index (χ1) is 9.02. The normalized spacial score (nSPS) is 11.8. The van der Waals surface area contributed by atoms with Crippen LogP contribution in [0, 0.1) is 0 Å². The molecule has 0 unspecified atom stereocenters. The van der Waals surface area contributed by atoms with E-state index in [1.807, 2.05) is 0 Å². The third kappa shape index (κ3) is 3.14. The lowest BCUT2D eigenvalue weighted by atomic mass is 10.0. The summed E-state index contributed by atoms with van der Waals surface area (Å²) in [6.07, 6.45) is -2.94. The van der Waals surface area contributed by atoms with Gasteiger partial charge in [-0.1, -0.05) is 18.2 Å². The van der Waals surface area contributed by atoms with Gasteiger partial charge in [0.25, 0.3) is 0 Å². The Morgan fingerprint density at radius 2 is 1.95 bits per heavy atom. The van der Waals surface area contributed by atoms with E-state index in [1.165, 1.54) is 12.1 Å². The molecule has 2 aromatic rings. The van der Waals surface area contributed by atoms with Gasteiger partial charge in [0.15, 0.2) is 0 Å². The summed E-state index contributed by atoms with van der Waals surface area (Å²) in [6.45, 7) is 0.535. The van der Waals surface area contributed by atoms with Crippen LogP contribution in [0.5, 0.6) is 0 Å². The van der Waals surface area contributed by atoms with Crippen molar-refractivity contribution in [1.82, 2.24) is 10.2 Å². The predicted molar refractivity (Wildman–Crippen MR) is 66.4 cm³/mol. The maximum Gasteiger partial charge on any atom is 0.417 e. The van der Waals surface area contributed by atoms with Gasteiger partial charge in [-0.05, 0) is 31.5 Å². The molecule has 0 aliphatic heterocycles. The van der Waals surface area contributed by atoms with E-state index in [2.05, 4.69) is 10.2 Å². The van der Waals surface area contributed by atoms with Gasteiger partial charge in [-0.15, -0.1) is 0 Å². The molecule has 1 heterocycles. The highest BCUT2D eigenvalue weighted by atomic mass is 19.4. The minimum Gasteiger partial charge on any atom is -0.330 e. The molecule has 0 saturated heterocycles. The Hall–Kier alpha value is -1.82. The van der Waals surface area contributed by atoms with Crippen molar-refractivity contribution < 1.29 is 13.2 Å². The summed E-state index contributed by atoms with van der Waals surface area (Å²) in [5.41, 5.74) is 5.90. The summed E-state index contributed by atoms with van der Waals surface area (Å²) in [5.74, 6) is 0. The van der Waals surface area contributed by atoms with E-state index in [0.29, 0.717) is 18.7 Å². The zero-order valence-electron chi connectivity index (χ0n) is 10.2. The van der Waals surface area contributed by atoms with E-state index in [9.17, 15) is 13.2 Å². The average molecular weight is 269 g/mol. The number of aromatic nitrogens is 2. The van der Waals surface area contributed by atoms with Gasteiger partial charge in [-0.25, -0.2) is 0 Å². The molecule has 0 bridgehead atoms. The van der Waals surface area contributed by atoms with Crippen molar-refractivity contribution in [3.05, 3.63) is 41.6 Å². The summed E-state index contributed by atoms with van der Waals surface area (Å²) < 4.78 is 38.7. The van der Waals surface area contributed by atoms with Crippen LogP contribution in [0.3, 0.4) is 0 Å². The number of H-pyrrole nitrogens is 1. The van der Waals surface area contributed by atoms with Gasteiger partial charge in [-0.2, -0.15) is 18.3 Å². The lowest BCUT2D eigenvalue weighted by Crippen LogP contribution is -2.06. The van der Waals surface area contributed by atoms with Gasteiger partial charge in [0, 0.05) is 11.3 Å². The fraction of sp³-hybridized carbons (Fsp3) is 0.308. The number of aryl methyl sites for hydroxylation is 1. The Balaban J connectivity index is 2.34. The van der Waals surface area contributed by atoms with Crippen LogP contribution in [0.2, 0.25) is 0 Å². The first-order valence-corrected chi connectivity index (χ1v) is 5.93. The van der Waals surface area contributed by atoms with E-state index in [1.54, 1.807) is 12.1 Å². The van der Waals surface area contributed by atoms with Crippen LogP contribution in [0.4, 0.5) is 13.2 Å². The molecular weight excluding hydrogens is 255 g/mol. The summed E-state index contributed by atoms with van der Waals surface area (Å²) in [5, 5.41) is 6.69. The maximum absolute atomic E-state index is 12.9. The molecule has 0 saturated carbocycles. The van der Waals surface area contributed by atoms with Crippen molar-refractivity contribution >= 4 is 0 Å². The zero-order valence-corrected chi connectivity index (χ0v) is 10.2. The Morgan fingerprint density at radius 1 is 1.21 bits per heavy atom. The largest absolute Gasteiger partial charge is 0.417 e. The van der Waals surface area contributed by atoms with Gasteiger partial charge in [0.2, 0.25) is 0 Å². The van der Waals surface area contributed by atoms with Crippen LogP contribution in [-0.4, -0.2) is 16.7 Å². The van der Waals surface area contributed by atoms with Gasteiger partial charge in [-0.3, -0.25) is 5.10 Å². The minimum absolute atomic E-state index is 0.0882. The number of nitrogens with two attached hydrogens (primary N) is 1. The second-order valence-electron chi connectivity index (χ2n) is 4.21. The molecule has 0 radical (unpaired) electrons. The molecule has 1 aromatic heterocycles. The van der Waals surface area contributed by atoms with Gasteiger partial charge in [0.1, 0.15) is 0 Å². The van der Waals surface area contributed by atoms with Crippen LogP contribution >= 0.6 is 0 Å². The standard InChI is InChI=1S/C13H14F3N3/c14-13(15,16)11-6-2-1-5-10(11)12-8-9(18-19-12)4-3-7-17/h1-2,5-6,8H,3-4,7,17H2,(H,18,19). The third-order valence-corrected chi connectivity index (χ3v) is 2.79. The lowest BCUT2D eigenvalue weighted by Gasteiger charge is -2.10. The van der Waals surface area contributed by atoms with Crippen LogP contribution in [-0.2, 0) is 12.6 Å². The molecule has 6 heteroatoms. The fourth-order valence-corrected chi connectivity index (χ4v) is 1.87. The van der Waals surface area contributed by atoms with Crippen LogP contribution in [0.25, 0.3) is 11.3 Å². The van der Waals surface area contributed by atoms with E-state index in [-0.39, 0.29) is 5.56 Å². The van der Waals surface area contributed by atoms with E-state index in [4.69, 9.17) is 5.73 Å². The van der Waals surface area contributed by atoms with E-state index in [0.717, 1.165) is 18.2 Å². The van der Waals surface area contributed by atoms with E-state index < -0.39 is 11.7 Å². The molecule has 0 fully saturated rings. The number of nitrogens with zero attached hydrogens (tertiary/aromatic N) is 1. The molecule has 102 valence electrons. The second-order valence-corrected chi connectivity index (χ2v) is 4.21. The number of hydrogen-bond donors (Lipinski definition) is 2. The van der Waals surface area contributed by atoms with Gasteiger partial charge >= 0.3 is 6.18 Å². The quantitative estimate of drug-likeness (QED) is 0.896. The van der Waals surface area contributed by atoms with Crippen LogP contribution in [0.1, 0.15) is 17.7 Å². The first kappa shape index (κ1) is 13.6. The Bertz CT molecular complexity index is 546. The molecule has 0 spiro atoms. The fourth-order valence-electron chi connectivity index (χ4n) is 1.87. The van der Waals surface area contributed by atoms with Crippen molar-refractivity contribution in [2.45, 2.75) is 19.0 Å². The minimum atomic E-state index is -4.38. The monoisotopic (exact) mass is 269 g/mol. The SMILES string of the molecule is NCCCc1cc(-c2ccccc2C(F)(F)F)n[nH]1. The Kier molecular flexibility index (Phi) is 3.90. The van der Waals surface area contributed by atoms with E-state index >= 15 is 0 Å². The number of nitrogens with one attached hydrogen (secondary N) is 1. The Labute approximate surface area is 108 Å². The molecule has 1 aromatic carbocycles. The summed E-state index contributed by atoms with van der Waals surface area (Å²) in [7, 11) is 0. The zero-order chi connectivity index (χ0) is 13.9. The third-order valence-electron chi connectivity index (χ3n) is 2.79.